The van der Waals surface area contributed by atoms with Crippen LogP contribution in [0.25, 0.3) is 5.57 Å². The molecule has 0 N–H and O–H groups in total. The Morgan fingerprint density at radius 2 is 2.27 bits per heavy atom. The summed E-state index contributed by atoms with van der Waals surface area (Å²) in [5.74, 6) is 0. The highest BCUT2D eigenvalue weighted by Crippen LogP contribution is 2.26. The van der Waals surface area contributed by atoms with E-state index in [1.807, 2.05) is 12.3 Å². The summed E-state index contributed by atoms with van der Waals surface area (Å²) in [6, 6.07) is 4.14. The van der Waals surface area contributed by atoms with E-state index in [0.29, 0.717) is 0 Å². The zero-order valence-electron chi connectivity index (χ0n) is 6.51. The molecule has 1 nitrogen and oxygen atoms in total. The Morgan fingerprint density at radius 3 is 3.09 bits per heavy atom. The van der Waals surface area contributed by atoms with E-state index in [-0.39, 0.29) is 0 Å². The summed E-state index contributed by atoms with van der Waals surface area (Å²) in [6.45, 7) is 3.99. The highest BCUT2D eigenvalue weighted by atomic mass is 14.7. The molecule has 0 atom stereocenters. The van der Waals surface area contributed by atoms with E-state index in [4.69, 9.17) is 0 Å². The van der Waals surface area contributed by atoms with Crippen molar-refractivity contribution in [2.24, 2.45) is 0 Å². The minimum absolute atomic E-state index is 1.12. The van der Waals surface area contributed by atoms with Crippen molar-refractivity contribution in [3.05, 3.63) is 36.2 Å². The van der Waals surface area contributed by atoms with Crippen LogP contribution in [0.1, 0.15) is 24.1 Å². The molecule has 1 aliphatic rings. The van der Waals surface area contributed by atoms with Crippen molar-refractivity contribution in [1.82, 2.24) is 4.98 Å². The molecule has 0 spiro atoms. The molecule has 2 rings (SSSR count). The summed E-state index contributed by atoms with van der Waals surface area (Å²) >= 11 is 0. The first kappa shape index (κ1) is 6.59. The fourth-order valence-corrected chi connectivity index (χ4v) is 1.57. The van der Waals surface area contributed by atoms with Crippen LogP contribution < -0.4 is 0 Å². The molecular formula is C10H11N. The topological polar surface area (TPSA) is 12.9 Å². The number of hydrogen-bond donors (Lipinski definition) is 0. The van der Waals surface area contributed by atoms with Gasteiger partial charge in [0.15, 0.2) is 0 Å². The van der Waals surface area contributed by atoms with Gasteiger partial charge >= 0.3 is 0 Å². The number of hydrogen-bond acceptors (Lipinski definition) is 1. The molecule has 0 amide bonds. The lowest BCUT2D eigenvalue weighted by atomic mass is 9.93. The third-order valence-electron chi connectivity index (χ3n) is 2.15. The molecule has 0 bridgehead atoms. The smallest absolute Gasteiger partial charge is 0.0687 e. The number of allylic oxidation sites excluding steroid dienone is 1. The van der Waals surface area contributed by atoms with E-state index in [0.717, 1.165) is 12.1 Å². The van der Waals surface area contributed by atoms with Gasteiger partial charge in [-0.1, -0.05) is 12.6 Å². The monoisotopic (exact) mass is 145 g/mol. The largest absolute Gasteiger partial charge is 0.256 e. The second kappa shape index (κ2) is 2.50. The summed E-state index contributed by atoms with van der Waals surface area (Å²) in [7, 11) is 0. The van der Waals surface area contributed by atoms with E-state index in [1.54, 1.807) is 0 Å². The minimum Gasteiger partial charge on any atom is -0.256 e. The third-order valence-corrected chi connectivity index (χ3v) is 2.15. The lowest BCUT2D eigenvalue weighted by Crippen LogP contribution is -2.02. The Morgan fingerprint density at radius 1 is 1.36 bits per heavy atom. The first-order valence-corrected chi connectivity index (χ1v) is 4.00. The molecule has 0 aliphatic heterocycles. The van der Waals surface area contributed by atoms with Gasteiger partial charge in [0, 0.05) is 6.20 Å². The Hall–Kier alpha value is -1.11. The summed E-state index contributed by atoms with van der Waals surface area (Å²) in [4.78, 5) is 4.30. The maximum absolute atomic E-state index is 4.30. The Balaban J connectivity index is 2.52. The summed E-state index contributed by atoms with van der Waals surface area (Å²) < 4.78 is 0. The third kappa shape index (κ3) is 1.07. The van der Waals surface area contributed by atoms with Crippen LogP contribution in [0, 0.1) is 0 Å². The SMILES string of the molecule is C=C1CCCc2cccnc21. The van der Waals surface area contributed by atoms with Gasteiger partial charge in [0.1, 0.15) is 0 Å². The van der Waals surface area contributed by atoms with Crippen molar-refractivity contribution in [3.63, 3.8) is 0 Å². The fourth-order valence-electron chi connectivity index (χ4n) is 1.57. The maximum atomic E-state index is 4.30. The van der Waals surface area contributed by atoms with E-state index in [1.165, 1.54) is 24.0 Å². The molecule has 0 aromatic carbocycles. The number of pyridine rings is 1. The Bertz CT molecular complexity index is 289. The number of aromatic nitrogens is 1. The molecule has 1 aromatic rings. The predicted octanol–water partition coefficient (Wildman–Crippen LogP) is 2.43. The molecule has 11 heavy (non-hydrogen) atoms. The van der Waals surface area contributed by atoms with Crippen molar-refractivity contribution in [2.75, 3.05) is 0 Å². The molecule has 0 unspecified atom stereocenters. The van der Waals surface area contributed by atoms with Gasteiger partial charge in [-0.05, 0) is 36.5 Å². The van der Waals surface area contributed by atoms with Crippen molar-refractivity contribution in [3.8, 4) is 0 Å². The van der Waals surface area contributed by atoms with Gasteiger partial charge in [-0.3, -0.25) is 4.98 Å². The quantitative estimate of drug-likeness (QED) is 0.546. The Kier molecular flexibility index (Phi) is 1.50. The molecular weight excluding hydrogens is 134 g/mol. The van der Waals surface area contributed by atoms with Crippen molar-refractivity contribution in [2.45, 2.75) is 19.3 Å². The van der Waals surface area contributed by atoms with Gasteiger partial charge in [-0.2, -0.15) is 0 Å². The first-order chi connectivity index (χ1) is 5.38. The van der Waals surface area contributed by atoms with Gasteiger partial charge in [0.25, 0.3) is 0 Å². The van der Waals surface area contributed by atoms with Gasteiger partial charge in [-0.25, -0.2) is 0 Å². The molecule has 1 heteroatoms. The van der Waals surface area contributed by atoms with Crippen LogP contribution in [0.4, 0.5) is 0 Å². The van der Waals surface area contributed by atoms with Crippen LogP contribution in [-0.4, -0.2) is 4.98 Å². The molecule has 1 heterocycles. The standard InChI is InChI=1S/C10H11N/c1-8-4-2-5-9-6-3-7-11-10(8)9/h3,6-7H,1-2,4-5H2. The van der Waals surface area contributed by atoms with E-state index in [2.05, 4.69) is 17.6 Å². The summed E-state index contributed by atoms with van der Waals surface area (Å²) in [5.41, 5.74) is 3.70. The maximum Gasteiger partial charge on any atom is 0.0687 e. The van der Waals surface area contributed by atoms with Crippen molar-refractivity contribution >= 4 is 5.57 Å². The average Bonchev–Trinajstić information content (AvgIpc) is 2.06. The van der Waals surface area contributed by atoms with Gasteiger partial charge in [0.05, 0.1) is 5.69 Å². The normalized spacial score (nSPS) is 16.2. The number of aryl methyl sites for hydroxylation is 1. The van der Waals surface area contributed by atoms with Crippen molar-refractivity contribution in [1.29, 1.82) is 0 Å². The summed E-state index contributed by atoms with van der Waals surface area (Å²) in [5, 5.41) is 0. The fraction of sp³-hybridized carbons (Fsp3) is 0.300. The average molecular weight is 145 g/mol. The van der Waals surface area contributed by atoms with Gasteiger partial charge in [-0.15, -0.1) is 0 Å². The lowest BCUT2D eigenvalue weighted by Gasteiger charge is -2.15. The van der Waals surface area contributed by atoms with E-state index in [9.17, 15) is 0 Å². The van der Waals surface area contributed by atoms with E-state index < -0.39 is 0 Å². The van der Waals surface area contributed by atoms with Crippen LogP contribution in [0.15, 0.2) is 24.9 Å². The summed E-state index contributed by atoms with van der Waals surface area (Å²) in [6.07, 6.45) is 5.36. The minimum atomic E-state index is 1.12. The number of fused-ring (bicyclic) bond motifs is 1. The molecule has 0 fully saturated rings. The molecule has 1 aliphatic carbocycles. The zero-order chi connectivity index (χ0) is 7.68. The van der Waals surface area contributed by atoms with Crippen molar-refractivity contribution < 1.29 is 0 Å². The number of nitrogens with zero attached hydrogens (tertiary/aromatic N) is 1. The lowest BCUT2D eigenvalue weighted by molar-refractivity contribution is 0.810. The highest BCUT2D eigenvalue weighted by molar-refractivity contribution is 5.64. The molecule has 0 radical (unpaired) electrons. The predicted molar refractivity (Wildman–Crippen MR) is 46.2 cm³/mol. The molecule has 0 saturated heterocycles. The molecule has 1 aromatic heterocycles. The van der Waals surface area contributed by atoms with Crippen LogP contribution >= 0.6 is 0 Å². The van der Waals surface area contributed by atoms with Crippen LogP contribution in [-0.2, 0) is 6.42 Å². The van der Waals surface area contributed by atoms with Crippen LogP contribution in [0.5, 0.6) is 0 Å². The Labute approximate surface area is 66.8 Å². The van der Waals surface area contributed by atoms with Crippen LogP contribution in [0.2, 0.25) is 0 Å². The zero-order valence-corrected chi connectivity index (χ0v) is 6.51. The van der Waals surface area contributed by atoms with Gasteiger partial charge < -0.3 is 0 Å². The highest BCUT2D eigenvalue weighted by Gasteiger charge is 2.11. The molecule has 0 saturated carbocycles. The van der Waals surface area contributed by atoms with E-state index >= 15 is 0 Å². The second-order valence-electron chi connectivity index (χ2n) is 2.97. The number of rotatable bonds is 0. The second-order valence-corrected chi connectivity index (χ2v) is 2.97. The van der Waals surface area contributed by atoms with Crippen LogP contribution in [0.3, 0.4) is 0 Å². The molecule has 56 valence electrons. The van der Waals surface area contributed by atoms with Gasteiger partial charge in [0.2, 0.25) is 0 Å². The first-order valence-electron chi connectivity index (χ1n) is 4.00.